The molecule has 3 heteroatoms. The number of unbranched alkanes of at least 4 members (excludes halogenated alkanes) is 18. The van der Waals surface area contributed by atoms with E-state index >= 15 is 0 Å². The smallest absolute Gasteiger partial charge is 0.0113 e. The number of allylic oxidation sites excluding steroid dienone is 8. The van der Waals surface area contributed by atoms with Gasteiger partial charge >= 0.3 is 0 Å². The van der Waals surface area contributed by atoms with Crippen LogP contribution < -0.4 is 0 Å². The second-order valence-electron chi connectivity index (χ2n) is 15.4. The lowest BCUT2D eigenvalue weighted by atomic mass is 9.98. The van der Waals surface area contributed by atoms with Crippen molar-refractivity contribution in [3.05, 3.63) is 48.6 Å². The molecule has 1 heterocycles. The van der Waals surface area contributed by atoms with Crippen LogP contribution in [0.1, 0.15) is 187 Å². The van der Waals surface area contributed by atoms with E-state index in [2.05, 4.69) is 91.3 Å². The van der Waals surface area contributed by atoms with E-state index in [4.69, 9.17) is 0 Å². The van der Waals surface area contributed by atoms with Gasteiger partial charge in [0.1, 0.15) is 0 Å². The normalized spacial score (nSPS) is 15.2. The molecule has 3 nitrogen and oxygen atoms in total. The van der Waals surface area contributed by atoms with Gasteiger partial charge in [0.25, 0.3) is 0 Å². The second kappa shape index (κ2) is 36.6. The van der Waals surface area contributed by atoms with Crippen molar-refractivity contribution in [3.63, 3.8) is 0 Å². The molecule has 0 spiro atoms. The van der Waals surface area contributed by atoms with Crippen molar-refractivity contribution in [1.29, 1.82) is 0 Å². The van der Waals surface area contributed by atoms with Gasteiger partial charge in [-0.15, -0.1) is 0 Å². The van der Waals surface area contributed by atoms with Gasteiger partial charge in [-0.05, 0) is 111 Å². The fourth-order valence-electron chi connectivity index (χ4n) is 7.21. The molecule has 1 aliphatic heterocycles. The van der Waals surface area contributed by atoms with Crippen LogP contribution in [0.25, 0.3) is 0 Å². The maximum absolute atomic E-state index is 2.89. The highest BCUT2D eigenvalue weighted by molar-refractivity contribution is 4.93. The first-order valence-electron chi connectivity index (χ1n) is 21.9. The van der Waals surface area contributed by atoms with Crippen molar-refractivity contribution < 1.29 is 0 Å². The Balaban J connectivity index is 2.21. The van der Waals surface area contributed by atoms with Crippen LogP contribution in [0.15, 0.2) is 48.6 Å². The molecule has 0 amide bonds. The molecule has 0 saturated carbocycles. The summed E-state index contributed by atoms with van der Waals surface area (Å²) in [6.07, 6.45) is 55.5. The van der Waals surface area contributed by atoms with E-state index in [1.807, 2.05) is 0 Å². The summed E-state index contributed by atoms with van der Waals surface area (Å²) in [4.78, 5) is 7.94. The standard InChI is InChI=1S/C46H87N3/c1-5-7-9-11-13-15-17-19-21-23-25-27-29-31-33-35-38-46(49-44-42-48(43-45-49)41-37-40-47(3)4)39-36-34-32-30-28-26-24-22-20-18-16-14-12-10-8-6-2/h13-16,19-22,46H,5-12,17-18,23-45H2,1-4H3/b15-13-,16-14-,21-19-,22-20-. The maximum Gasteiger partial charge on any atom is 0.0113 e. The van der Waals surface area contributed by atoms with Gasteiger partial charge in [0.05, 0.1) is 0 Å². The van der Waals surface area contributed by atoms with Crippen LogP contribution in [0.4, 0.5) is 0 Å². The Morgan fingerprint density at radius 2 is 0.837 bits per heavy atom. The predicted molar refractivity (Wildman–Crippen MR) is 223 cm³/mol. The van der Waals surface area contributed by atoms with Gasteiger partial charge in [0.2, 0.25) is 0 Å². The largest absolute Gasteiger partial charge is 0.309 e. The molecule has 1 aliphatic rings. The number of rotatable bonds is 35. The van der Waals surface area contributed by atoms with Gasteiger partial charge in [0, 0.05) is 32.2 Å². The van der Waals surface area contributed by atoms with Crippen molar-refractivity contribution in [2.75, 3.05) is 53.4 Å². The summed E-state index contributed by atoms with van der Waals surface area (Å²) < 4.78 is 0. The van der Waals surface area contributed by atoms with Gasteiger partial charge in [0.15, 0.2) is 0 Å². The third-order valence-electron chi connectivity index (χ3n) is 10.5. The molecule has 0 aromatic carbocycles. The molecule has 0 radical (unpaired) electrons. The summed E-state index contributed by atoms with van der Waals surface area (Å²) in [5.41, 5.74) is 0. The van der Waals surface area contributed by atoms with Crippen LogP contribution in [0.3, 0.4) is 0 Å². The fraction of sp³-hybridized carbons (Fsp3) is 0.826. The molecule has 0 unspecified atom stereocenters. The third kappa shape index (κ3) is 31.3. The predicted octanol–water partition coefficient (Wildman–Crippen LogP) is 13.3. The third-order valence-corrected chi connectivity index (χ3v) is 10.5. The van der Waals surface area contributed by atoms with Crippen LogP contribution in [-0.2, 0) is 0 Å². The summed E-state index contributed by atoms with van der Waals surface area (Å²) in [5.74, 6) is 0. The van der Waals surface area contributed by atoms with Crippen molar-refractivity contribution >= 4 is 0 Å². The molecule has 0 bridgehead atoms. The van der Waals surface area contributed by atoms with Crippen LogP contribution >= 0.6 is 0 Å². The summed E-state index contributed by atoms with van der Waals surface area (Å²) in [7, 11) is 4.40. The zero-order valence-electron chi connectivity index (χ0n) is 33.9. The molecule has 49 heavy (non-hydrogen) atoms. The minimum absolute atomic E-state index is 0.820. The van der Waals surface area contributed by atoms with Crippen molar-refractivity contribution in [2.45, 2.75) is 193 Å². The van der Waals surface area contributed by atoms with E-state index in [1.165, 1.54) is 200 Å². The number of hydrogen-bond donors (Lipinski definition) is 0. The first-order valence-corrected chi connectivity index (χ1v) is 21.9. The quantitative estimate of drug-likeness (QED) is 0.0487. The molecule has 1 rings (SSSR count). The van der Waals surface area contributed by atoms with Gasteiger partial charge in [-0.3, -0.25) is 4.90 Å². The Hall–Kier alpha value is -1.16. The molecule has 1 fully saturated rings. The van der Waals surface area contributed by atoms with E-state index in [-0.39, 0.29) is 0 Å². The molecule has 0 aromatic heterocycles. The number of hydrogen-bond acceptors (Lipinski definition) is 3. The zero-order chi connectivity index (χ0) is 35.3. The summed E-state index contributed by atoms with van der Waals surface area (Å²) >= 11 is 0. The zero-order valence-corrected chi connectivity index (χ0v) is 33.9. The minimum atomic E-state index is 0.820. The van der Waals surface area contributed by atoms with Crippen LogP contribution in [0.5, 0.6) is 0 Å². The highest BCUT2D eigenvalue weighted by atomic mass is 15.3. The number of nitrogens with zero attached hydrogens (tertiary/aromatic N) is 3. The summed E-state index contributed by atoms with van der Waals surface area (Å²) in [6, 6.07) is 0.820. The SMILES string of the molecule is CCCCC/C=C\C/C=C\CCCCCCCCC(CCCCCCCC/C=C\C/C=C\CCCCC)N1CCN(CCCN(C)C)CC1. The lowest BCUT2D eigenvalue weighted by Crippen LogP contribution is -2.50. The summed E-state index contributed by atoms with van der Waals surface area (Å²) in [5, 5.41) is 0. The molecule has 1 saturated heterocycles. The maximum atomic E-state index is 2.89. The molecular formula is C46H87N3. The van der Waals surface area contributed by atoms with Crippen molar-refractivity contribution in [2.24, 2.45) is 0 Å². The second-order valence-corrected chi connectivity index (χ2v) is 15.4. The molecule has 286 valence electrons. The van der Waals surface area contributed by atoms with E-state index in [1.54, 1.807) is 0 Å². The highest BCUT2D eigenvalue weighted by Crippen LogP contribution is 2.21. The first kappa shape index (κ1) is 45.9. The summed E-state index contributed by atoms with van der Waals surface area (Å²) in [6.45, 7) is 12.2. The van der Waals surface area contributed by atoms with Gasteiger partial charge in [-0.25, -0.2) is 0 Å². The van der Waals surface area contributed by atoms with E-state index in [9.17, 15) is 0 Å². The van der Waals surface area contributed by atoms with Gasteiger partial charge in [-0.2, -0.15) is 0 Å². The Morgan fingerprint density at radius 3 is 1.24 bits per heavy atom. The lowest BCUT2D eigenvalue weighted by Gasteiger charge is -2.39. The van der Waals surface area contributed by atoms with Gasteiger partial charge in [-0.1, -0.05) is 152 Å². The topological polar surface area (TPSA) is 9.72 Å². The Morgan fingerprint density at radius 1 is 0.449 bits per heavy atom. The van der Waals surface area contributed by atoms with E-state index < -0.39 is 0 Å². The van der Waals surface area contributed by atoms with Crippen LogP contribution in [-0.4, -0.2) is 74.1 Å². The monoisotopic (exact) mass is 682 g/mol. The average molecular weight is 682 g/mol. The Bertz CT molecular complexity index is 725. The Kier molecular flexibility index (Phi) is 34.3. The van der Waals surface area contributed by atoms with E-state index in [0.29, 0.717) is 0 Å². The van der Waals surface area contributed by atoms with Crippen LogP contribution in [0.2, 0.25) is 0 Å². The van der Waals surface area contributed by atoms with Crippen LogP contribution in [0, 0.1) is 0 Å². The molecule has 0 aromatic rings. The Labute approximate surface area is 309 Å². The lowest BCUT2D eigenvalue weighted by molar-refractivity contribution is 0.0838. The van der Waals surface area contributed by atoms with E-state index in [0.717, 1.165) is 18.9 Å². The molecular weight excluding hydrogens is 595 g/mol. The van der Waals surface area contributed by atoms with Crippen molar-refractivity contribution in [1.82, 2.24) is 14.7 Å². The number of piperazine rings is 1. The first-order chi connectivity index (χ1) is 24.2. The molecule has 0 N–H and O–H groups in total. The van der Waals surface area contributed by atoms with Gasteiger partial charge < -0.3 is 9.80 Å². The fourth-order valence-corrected chi connectivity index (χ4v) is 7.21. The molecule has 0 atom stereocenters. The van der Waals surface area contributed by atoms with Crippen molar-refractivity contribution in [3.8, 4) is 0 Å². The molecule has 0 aliphatic carbocycles. The highest BCUT2D eigenvalue weighted by Gasteiger charge is 2.23. The average Bonchev–Trinajstić information content (AvgIpc) is 3.10. The minimum Gasteiger partial charge on any atom is -0.309 e.